The topological polar surface area (TPSA) is 9.23 Å². The van der Waals surface area contributed by atoms with Crippen LogP contribution >= 0.6 is 28.6 Å². The van der Waals surface area contributed by atoms with Crippen LogP contribution in [-0.2, 0) is 0 Å². The number of benzene rings is 2. The lowest BCUT2D eigenvalue weighted by Crippen LogP contribution is -1.93. The molecule has 17 heavy (non-hydrogen) atoms. The van der Waals surface area contributed by atoms with Crippen LogP contribution in [0.25, 0.3) is 10.8 Å². The number of hydrogen-bond acceptors (Lipinski definition) is 2. The Morgan fingerprint density at radius 3 is 2.65 bits per heavy atom. The van der Waals surface area contributed by atoms with Gasteiger partial charge in [-0.1, -0.05) is 40.2 Å². The first-order chi connectivity index (χ1) is 8.29. The van der Waals surface area contributed by atoms with E-state index < -0.39 is 0 Å². The maximum absolute atomic E-state index is 5.61. The summed E-state index contributed by atoms with van der Waals surface area (Å²) in [7, 11) is 0. The van der Waals surface area contributed by atoms with Crippen molar-refractivity contribution in [1.82, 2.24) is 0 Å². The third-order valence-electron chi connectivity index (χ3n) is 2.39. The summed E-state index contributed by atoms with van der Waals surface area (Å²) < 4.78 is 6.71. The maximum atomic E-state index is 5.61. The molecule has 2 aromatic rings. The lowest BCUT2D eigenvalue weighted by molar-refractivity contribution is 0.363. The standard InChI is InChI=1S/C14H13BrOS/c15-13-5-3-12-10-14(6-4-11(12)9-13)16-7-1-2-8-17/h1-6,9-10,17H,7-8H2. The van der Waals surface area contributed by atoms with Gasteiger partial charge in [0.15, 0.2) is 0 Å². The first-order valence-electron chi connectivity index (χ1n) is 5.37. The highest BCUT2D eigenvalue weighted by atomic mass is 79.9. The Labute approximate surface area is 115 Å². The van der Waals surface area contributed by atoms with Gasteiger partial charge in [0.25, 0.3) is 0 Å². The molecule has 2 aromatic carbocycles. The molecular weight excluding hydrogens is 296 g/mol. The molecule has 0 atom stereocenters. The van der Waals surface area contributed by atoms with Gasteiger partial charge in [0, 0.05) is 10.2 Å². The Bertz CT molecular complexity index is 537. The predicted octanol–water partition coefficient (Wildman–Crippen LogP) is 4.47. The van der Waals surface area contributed by atoms with Crippen molar-refractivity contribution in [3.8, 4) is 5.75 Å². The summed E-state index contributed by atoms with van der Waals surface area (Å²) in [4.78, 5) is 0. The average molecular weight is 309 g/mol. The van der Waals surface area contributed by atoms with E-state index in [0.29, 0.717) is 6.61 Å². The predicted molar refractivity (Wildman–Crippen MR) is 80.1 cm³/mol. The molecule has 2 rings (SSSR count). The summed E-state index contributed by atoms with van der Waals surface area (Å²) in [5.74, 6) is 1.64. The number of fused-ring (bicyclic) bond motifs is 1. The second-order valence-electron chi connectivity index (χ2n) is 3.62. The van der Waals surface area contributed by atoms with Crippen LogP contribution in [-0.4, -0.2) is 12.4 Å². The quantitative estimate of drug-likeness (QED) is 0.648. The van der Waals surface area contributed by atoms with E-state index in [1.165, 1.54) is 10.8 Å². The summed E-state index contributed by atoms with van der Waals surface area (Å²) in [5, 5.41) is 2.39. The molecule has 1 nitrogen and oxygen atoms in total. The van der Waals surface area contributed by atoms with Crippen LogP contribution in [0.2, 0.25) is 0 Å². The van der Waals surface area contributed by atoms with E-state index in [0.717, 1.165) is 16.0 Å². The van der Waals surface area contributed by atoms with E-state index in [4.69, 9.17) is 4.74 Å². The van der Waals surface area contributed by atoms with Crippen molar-refractivity contribution in [3.05, 3.63) is 53.0 Å². The molecule has 0 unspecified atom stereocenters. The highest BCUT2D eigenvalue weighted by Crippen LogP contribution is 2.24. The van der Waals surface area contributed by atoms with E-state index in [-0.39, 0.29) is 0 Å². The van der Waals surface area contributed by atoms with Gasteiger partial charge >= 0.3 is 0 Å². The van der Waals surface area contributed by atoms with Gasteiger partial charge in [0.2, 0.25) is 0 Å². The number of rotatable bonds is 4. The highest BCUT2D eigenvalue weighted by Gasteiger charge is 1.97. The molecule has 3 heteroatoms. The van der Waals surface area contributed by atoms with Gasteiger partial charge in [0.05, 0.1) is 0 Å². The molecule has 0 aliphatic heterocycles. The van der Waals surface area contributed by atoms with Crippen molar-refractivity contribution < 1.29 is 4.74 Å². The van der Waals surface area contributed by atoms with E-state index in [1.807, 2.05) is 24.3 Å². The van der Waals surface area contributed by atoms with Crippen LogP contribution in [0.15, 0.2) is 53.0 Å². The second-order valence-corrected chi connectivity index (χ2v) is 4.90. The number of ether oxygens (including phenoxy) is 1. The molecule has 0 N–H and O–H groups in total. The van der Waals surface area contributed by atoms with Crippen LogP contribution in [0, 0.1) is 0 Å². The van der Waals surface area contributed by atoms with Gasteiger partial charge in [-0.25, -0.2) is 0 Å². The summed E-state index contributed by atoms with van der Waals surface area (Å²) >= 11 is 7.55. The van der Waals surface area contributed by atoms with Crippen LogP contribution < -0.4 is 4.74 Å². The van der Waals surface area contributed by atoms with Crippen LogP contribution in [0.4, 0.5) is 0 Å². The minimum Gasteiger partial charge on any atom is -0.490 e. The second kappa shape index (κ2) is 6.12. The monoisotopic (exact) mass is 308 g/mol. The fourth-order valence-electron chi connectivity index (χ4n) is 1.57. The van der Waals surface area contributed by atoms with Crippen molar-refractivity contribution in [3.63, 3.8) is 0 Å². The minimum atomic E-state index is 0.586. The Kier molecular flexibility index (Phi) is 4.51. The van der Waals surface area contributed by atoms with Crippen molar-refractivity contribution >= 4 is 39.3 Å². The third kappa shape index (κ3) is 3.51. The molecule has 88 valence electrons. The van der Waals surface area contributed by atoms with Crippen molar-refractivity contribution in [1.29, 1.82) is 0 Å². The highest BCUT2D eigenvalue weighted by molar-refractivity contribution is 9.10. The minimum absolute atomic E-state index is 0.586. The smallest absolute Gasteiger partial charge is 0.120 e. The Morgan fingerprint density at radius 1 is 1.06 bits per heavy atom. The summed E-state index contributed by atoms with van der Waals surface area (Å²) in [5.41, 5.74) is 0. The van der Waals surface area contributed by atoms with Crippen LogP contribution in [0.3, 0.4) is 0 Å². The molecule has 0 spiro atoms. The Hall–Kier alpha value is -0.930. The van der Waals surface area contributed by atoms with Gasteiger partial charge in [-0.05, 0) is 35.0 Å². The van der Waals surface area contributed by atoms with E-state index >= 15 is 0 Å². The summed E-state index contributed by atoms with van der Waals surface area (Å²) in [6.45, 7) is 0.586. The summed E-state index contributed by atoms with van der Waals surface area (Å²) in [6.07, 6.45) is 3.94. The van der Waals surface area contributed by atoms with Gasteiger partial charge in [0.1, 0.15) is 12.4 Å². The molecule has 0 radical (unpaired) electrons. The molecular formula is C14H13BrOS. The largest absolute Gasteiger partial charge is 0.490 e. The first kappa shape index (κ1) is 12.5. The maximum Gasteiger partial charge on any atom is 0.120 e. The van der Waals surface area contributed by atoms with Crippen molar-refractivity contribution in [2.45, 2.75) is 0 Å². The van der Waals surface area contributed by atoms with Crippen LogP contribution in [0.1, 0.15) is 0 Å². The molecule has 0 saturated carbocycles. The molecule has 0 aliphatic rings. The zero-order valence-corrected chi connectivity index (χ0v) is 11.7. The number of thiol groups is 1. The molecule has 0 heterocycles. The van der Waals surface area contributed by atoms with Crippen LogP contribution in [0.5, 0.6) is 5.75 Å². The molecule has 0 bridgehead atoms. The lowest BCUT2D eigenvalue weighted by Gasteiger charge is -2.05. The van der Waals surface area contributed by atoms with Gasteiger partial charge in [-0.2, -0.15) is 12.6 Å². The molecule has 0 amide bonds. The SMILES string of the molecule is SCC=CCOc1ccc2cc(Br)ccc2c1. The van der Waals surface area contributed by atoms with Gasteiger partial charge < -0.3 is 4.74 Å². The fourth-order valence-corrected chi connectivity index (χ4v) is 2.10. The summed E-state index contributed by atoms with van der Waals surface area (Å²) in [6, 6.07) is 12.3. The number of hydrogen-bond donors (Lipinski definition) is 1. The van der Waals surface area contributed by atoms with Crippen molar-refractivity contribution in [2.24, 2.45) is 0 Å². The lowest BCUT2D eigenvalue weighted by atomic mass is 10.1. The van der Waals surface area contributed by atoms with Gasteiger partial charge in [-0.3, -0.25) is 0 Å². The van der Waals surface area contributed by atoms with Crippen molar-refractivity contribution in [2.75, 3.05) is 12.4 Å². The average Bonchev–Trinajstić information content (AvgIpc) is 2.35. The van der Waals surface area contributed by atoms with Gasteiger partial charge in [-0.15, -0.1) is 0 Å². The zero-order chi connectivity index (χ0) is 12.1. The molecule has 0 saturated heterocycles. The van der Waals surface area contributed by atoms with E-state index in [9.17, 15) is 0 Å². The Balaban J connectivity index is 2.14. The normalized spacial score (nSPS) is 11.2. The molecule has 0 aliphatic carbocycles. The molecule has 0 fully saturated rings. The Morgan fingerprint density at radius 2 is 1.82 bits per heavy atom. The first-order valence-corrected chi connectivity index (χ1v) is 6.80. The fraction of sp³-hybridized carbons (Fsp3) is 0.143. The van der Waals surface area contributed by atoms with E-state index in [2.05, 4.69) is 52.8 Å². The number of halogens is 1. The zero-order valence-electron chi connectivity index (χ0n) is 9.27. The van der Waals surface area contributed by atoms with E-state index in [1.54, 1.807) is 0 Å². The third-order valence-corrected chi connectivity index (χ3v) is 3.10. The molecule has 0 aromatic heterocycles.